The van der Waals surface area contributed by atoms with Crippen LogP contribution in [0, 0.1) is 0 Å². The molecule has 0 saturated carbocycles. The number of aliphatic hydroxyl groups is 1. The van der Waals surface area contributed by atoms with Crippen LogP contribution in [0.3, 0.4) is 0 Å². The Bertz CT molecular complexity index is 712. The van der Waals surface area contributed by atoms with Crippen LogP contribution in [0.2, 0.25) is 0 Å². The lowest BCUT2D eigenvalue weighted by atomic mass is 10.1. The highest BCUT2D eigenvalue weighted by Crippen LogP contribution is 2.33. The van der Waals surface area contributed by atoms with E-state index in [0.717, 1.165) is 0 Å². The average Bonchev–Trinajstić information content (AvgIpc) is 2.57. The first kappa shape index (κ1) is 14.3. The van der Waals surface area contributed by atoms with E-state index in [1.54, 1.807) is 42.5 Å². The summed E-state index contributed by atoms with van der Waals surface area (Å²) in [5.41, 5.74) is 1.74. The SMILES string of the molecule is O=C(CN1C(=O)COc2ccc(CO)cc21)c1ccccc1. The number of ether oxygens (including phenoxy) is 1. The summed E-state index contributed by atoms with van der Waals surface area (Å²) < 4.78 is 5.37. The summed E-state index contributed by atoms with van der Waals surface area (Å²) in [6.45, 7) is -0.274. The quantitative estimate of drug-likeness (QED) is 0.874. The maximum atomic E-state index is 12.3. The third kappa shape index (κ3) is 2.71. The van der Waals surface area contributed by atoms with Crippen molar-refractivity contribution in [2.45, 2.75) is 6.61 Å². The standard InChI is InChI=1S/C17H15NO4/c19-10-12-6-7-16-14(8-12)18(17(21)11-22-16)9-15(20)13-4-2-1-3-5-13/h1-8,19H,9-11H2. The number of carbonyl (C=O) groups is 2. The molecule has 0 fully saturated rings. The number of anilines is 1. The Balaban J connectivity index is 1.90. The van der Waals surface area contributed by atoms with Crippen molar-refractivity contribution in [3.8, 4) is 5.75 Å². The highest BCUT2D eigenvalue weighted by molar-refractivity contribution is 6.07. The number of Topliss-reactive ketones (excluding diaryl/α,β-unsaturated/α-hetero) is 1. The van der Waals surface area contributed by atoms with E-state index in [-0.39, 0.29) is 31.4 Å². The topological polar surface area (TPSA) is 66.8 Å². The molecule has 22 heavy (non-hydrogen) atoms. The summed E-state index contributed by atoms with van der Waals surface area (Å²) in [7, 11) is 0. The molecule has 1 aliphatic heterocycles. The molecular weight excluding hydrogens is 282 g/mol. The minimum atomic E-state index is -0.271. The van der Waals surface area contributed by atoms with E-state index >= 15 is 0 Å². The normalized spacial score (nSPS) is 13.5. The van der Waals surface area contributed by atoms with Gasteiger partial charge in [-0.25, -0.2) is 0 Å². The highest BCUT2D eigenvalue weighted by Gasteiger charge is 2.27. The minimum absolute atomic E-state index is 0.0475. The Morgan fingerprint density at radius 3 is 2.68 bits per heavy atom. The maximum absolute atomic E-state index is 12.3. The van der Waals surface area contributed by atoms with Gasteiger partial charge in [0.05, 0.1) is 18.8 Å². The van der Waals surface area contributed by atoms with E-state index < -0.39 is 0 Å². The third-order valence-corrected chi connectivity index (χ3v) is 3.55. The van der Waals surface area contributed by atoms with E-state index in [1.807, 2.05) is 6.07 Å². The van der Waals surface area contributed by atoms with Crippen LogP contribution in [0.4, 0.5) is 5.69 Å². The summed E-state index contributed by atoms with van der Waals surface area (Å²) in [6, 6.07) is 13.9. The number of nitrogens with zero attached hydrogens (tertiary/aromatic N) is 1. The molecule has 0 radical (unpaired) electrons. The minimum Gasteiger partial charge on any atom is -0.482 e. The van der Waals surface area contributed by atoms with Gasteiger partial charge in [-0.3, -0.25) is 14.5 Å². The molecule has 0 aliphatic carbocycles. The van der Waals surface area contributed by atoms with Gasteiger partial charge in [0.1, 0.15) is 5.75 Å². The highest BCUT2D eigenvalue weighted by atomic mass is 16.5. The zero-order valence-electron chi connectivity index (χ0n) is 11.9. The molecule has 2 aromatic rings. The smallest absolute Gasteiger partial charge is 0.265 e. The first-order valence-electron chi connectivity index (χ1n) is 6.94. The van der Waals surface area contributed by atoms with Gasteiger partial charge in [0.25, 0.3) is 5.91 Å². The maximum Gasteiger partial charge on any atom is 0.265 e. The van der Waals surface area contributed by atoms with Crippen LogP contribution >= 0.6 is 0 Å². The van der Waals surface area contributed by atoms with Gasteiger partial charge in [-0.15, -0.1) is 0 Å². The number of ketones is 1. The Hall–Kier alpha value is -2.66. The molecule has 0 spiro atoms. The molecule has 0 atom stereocenters. The molecule has 0 saturated heterocycles. The summed E-state index contributed by atoms with van der Waals surface area (Å²) in [6.07, 6.45) is 0. The van der Waals surface area contributed by atoms with E-state index in [4.69, 9.17) is 4.74 Å². The molecule has 5 nitrogen and oxygen atoms in total. The van der Waals surface area contributed by atoms with Crippen molar-refractivity contribution in [3.63, 3.8) is 0 Å². The average molecular weight is 297 g/mol. The molecule has 0 bridgehead atoms. The Morgan fingerprint density at radius 1 is 1.18 bits per heavy atom. The molecule has 112 valence electrons. The van der Waals surface area contributed by atoms with Gasteiger partial charge in [-0.05, 0) is 17.7 Å². The van der Waals surface area contributed by atoms with Gasteiger partial charge < -0.3 is 9.84 Å². The fraction of sp³-hybridized carbons (Fsp3) is 0.176. The summed E-state index contributed by atoms with van der Waals surface area (Å²) in [4.78, 5) is 25.9. The van der Waals surface area contributed by atoms with E-state index in [9.17, 15) is 14.7 Å². The Morgan fingerprint density at radius 2 is 1.95 bits per heavy atom. The Labute approximate surface area is 127 Å². The number of amides is 1. The van der Waals surface area contributed by atoms with Crippen molar-refractivity contribution in [1.82, 2.24) is 0 Å². The molecule has 5 heteroatoms. The molecule has 2 aromatic carbocycles. The second-order valence-electron chi connectivity index (χ2n) is 5.02. The Kier molecular flexibility index (Phi) is 3.89. The molecule has 1 N–H and O–H groups in total. The molecule has 0 unspecified atom stereocenters. The zero-order valence-corrected chi connectivity index (χ0v) is 11.9. The fourth-order valence-electron chi connectivity index (χ4n) is 2.38. The van der Waals surface area contributed by atoms with Crippen molar-refractivity contribution >= 4 is 17.4 Å². The van der Waals surface area contributed by atoms with Crippen molar-refractivity contribution in [3.05, 3.63) is 59.7 Å². The van der Waals surface area contributed by atoms with Crippen LogP contribution < -0.4 is 9.64 Å². The van der Waals surface area contributed by atoms with Crippen molar-refractivity contribution < 1.29 is 19.4 Å². The van der Waals surface area contributed by atoms with E-state index in [2.05, 4.69) is 0 Å². The molecule has 3 rings (SSSR count). The number of aliphatic hydroxyl groups excluding tert-OH is 1. The number of hydrogen-bond acceptors (Lipinski definition) is 4. The third-order valence-electron chi connectivity index (χ3n) is 3.55. The predicted octanol–water partition coefficient (Wildman–Crippen LogP) is 1.79. The number of hydrogen-bond donors (Lipinski definition) is 1. The van der Waals surface area contributed by atoms with Crippen LogP contribution in [0.5, 0.6) is 5.75 Å². The molecule has 0 aromatic heterocycles. The van der Waals surface area contributed by atoms with Crippen molar-refractivity contribution in [1.29, 1.82) is 0 Å². The van der Waals surface area contributed by atoms with Gasteiger partial charge >= 0.3 is 0 Å². The molecule has 1 amide bonds. The first-order valence-corrected chi connectivity index (χ1v) is 6.94. The van der Waals surface area contributed by atoms with Crippen molar-refractivity contribution in [2.75, 3.05) is 18.1 Å². The number of rotatable bonds is 4. The number of benzene rings is 2. The zero-order chi connectivity index (χ0) is 15.5. The summed E-state index contributed by atoms with van der Waals surface area (Å²) in [5, 5.41) is 9.24. The lowest BCUT2D eigenvalue weighted by Gasteiger charge is -2.29. The molecular formula is C17H15NO4. The van der Waals surface area contributed by atoms with Crippen LogP contribution in [0.1, 0.15) is 15.9 Å². The second-order valence-corrected chi connectivity index (χ2v) is 5.02. The van der Waals surface area contributed by atoms with Crippen molar-refractivity contribution in [2.24, 2.45) is 0 Å². The van der Waals surface area contributed by atoms with Crippen LogP contribution in [-0.2, 0) is 11.4 Å². The summed E-state index contributed by atoms with van der Waals surface area (Å²) in [5.74, 6) is 0.126. The number of carbonyl (C=O) groups excluding carboxylic acids is 2. The van der Waals surface area contributed by atoms with Crippen LogP contribution in [0.15, 0.2) is 48.5 Å². The molecule has 1 heterocycles. The lowest BCUT2D eigenvalue weighted by Crippen LogP contribution is -2.42. The van der Waals surface area contributed by atoms with Gasteiger partial charge in [-0.2, -0.15) is 0 Å². The van der Waals surface area contributed by atoms with Gasteiger partial charge in [0.2, 0.25) is 0 Å². The van der Waals surface area contributed by atoms with Crippen LogP contribution in [-0.4, -0.2) is 29.9 Å². The van der Waals surface area contributed by atoms with Gasteiger partial charge in [-0.1, -0.05) is 36.4 Å². The largest absolute Gasteiger partial charge is 0.482 e. The van der Waals surface area contributed by atoms with Crippen LogP contribution in [0.25, 0.3) is 0 Å². The lowest BCUT2D eigenvalue weighted by molar-refractivity contribution is -0.121. The number of fused-ring (bicyclic) bond motifs is 1. The molecule has 1 aliphatic rings. The van der Waals surface area contributed by atoms with E-state index in [1.165, 1.54) is 4.90 Å². The predicted molar refractivity (Wildman–Crippen MR) is 81.0 cm³/mol. The van der Waals surface area contributed by atoms with Gasteiger partial charge in [0.15, 0.2) is 12.4 Å². The monoisotopic (exact) mass is 297 g/mol. The summed E-state index contributed by atoms with van der Waals surface area (Å²) >= 11 is 0. The van der Waals surface area contributed by atoms with Gasteiger partial charge in [0, 0.05) is 5.56 Å². The fourth-order valence-corrected chi connectivity index (χ4v) is 2.38. The first-order chi connectivity index (χ1) is 10.7. The second kappa shape index (κ2) is 5.99. The van der Waals surface area contributed by atoms with E-state index in [0.29, 0.717) is 22.6 Å².